The highest BCUT2D eigenvalue weighted by molar-refractivity contribution is 5.81. The van der Waals surface area contributed by atoms with Crippen LogP contribution in [-0.2, 0) is 11.8 Å². The number of hydrogen-bond donors (Lipinski definition) is 2. The highest BCUT2D eigenvalue weighted by Gasteiger charge is 2.39. The van der Waals surface area contributed by atoms with Crippen molar-refractivity contribution in [3.05, 3.63) is 17.5 Å². The van der Waals surface area contributed by atoms with Gasteiger partial charge in [-0.25, -0.2) is 0 Å². The standard InChI is InChI=1S/C16H27N5O/c1-11-12(9-19-20(11)4)13-7-17-8-14(13)15(22)21-6-5-18-16(2,3)10-21/h9,13-14,17-18H,5-8,10H2,1-4H3/t13-,14+/m1/s1. The Morgan fingerprint density at radius 3 is 2.82 bits per heavy atom. The molecule has 2 fully saturated rings. The van der Waals surface area contributed by atoms with Crippen molar-refractivity contribution in [2.75, 3.05) is 32.7 Å². The van der Waals surface area contributed by atoms with Gasteiger partial charge in [-0.2, -0.15) is 5.10 Å². The summed E-state index contributed by atoms with van der Waals surface area (Å²) in [6.07, 6.45) is 1.93. The molecule has 2 atom stereocenters. The molecule has 22 heavy (non-hydrogen) atoms. The van der Waals surface area contributed by atoms with Crippen LogP contribution in [0.1, 0.15) is 31.0 Å². The van der Waals surface area contributed by atoms with Gasteiger partial charge in [-0.15, -0.1) is 0 Å². The molecular weight excluding hydrogens is 278 g/mol. The fourth-order valence-corrected chi connectivity index (χ4v) is 3.71. The van der Waals surface area contributed by atoms with E-state index in [2.05, 4.69) is 36.5 Å². The van der Waals surface area contributed by atoms with E-state index >= 15 is 0 Å². The number of rotatable bonds is 2. The second kappa shape index (κ2) is 5.66. The Balaban J connectivity index is 1.78. The average molecular weight is 305 g/mol. The van der Waals surface area contributed by atoms with Crippen LogP contribution in [0.15, 0.2) is 6.20 Å². The zero-order valence-corrected chi connectivity index (χ0v) is 14.0. The number of aryl methyl sites for hydroxylation is 1. The summed E-state index contributed by atoms with van der Waals surface area (Å²) in [6, 6.07) is 0. The molecule has 1 aromatic rings. The van der Waals surface area contributed by atoms with Crippen molar-refractivity contribution in [1.29, 1.82) is 0 Å². The topological polar surface area (TPSA) is 62.2 Å². The number of carbonyl (C=O) groups is 1. The molecule has 0 aliphatic carbocycles. The number of nitrogens with one attached hydrogen (secondary N) is 2. The average Bonchev–Trinajstić information content (AvgIpc) is 3.05. The summed E-state index contributed by atoms with van der Waals surface area (Å²) in [5.74, 6) is 0.545. The summed E-state index contributed by atoms with van der Waals surface area (Å²) in [5, 5.41) is 11.2. The first kappa shape index (κ1) is 15.5. The highest BCUT2D eigenvalue weighted by Crippen LogP contribution is 2.32. The number of amides is 1. The summed E-state index contributed by atoms with van der Waals surface area (Å²) in [7, 11) is 1.96. The van der Waals surface area contributed by atoms with Crippen molar-refractivity contribution in [3.8, 4) is 0 Å². The quantitative estimate of drug-likeness (QED) is 0.822. The van der Waals surface area contributed by atoms with Crippen molar-refractivity contribution in [2.45, 2.75) is 32.2 Å². The molecule has 0 saturated carbocycles. The Bertz CT molecular complexity index is 565. The lowest BCUT2D eigenvalue weighted by Crippen LogP contribution is -2.59. The fourth-order valence-electron chi connectivity index (χ4n) is 3.71. The molecular formula is C16H27N5O. The molecule has 0 unspecified atom stereocenters. The van der Waals surface area contributed by atoms with E-state index in [0.717, 1.165) is 38.4 Å². The van der Waals surface area contributed by atoms with E-state index in [1.165, 1.54) is 5.56 Å². The Labute approximate surface area is 132 Å². The fraction of sp³-hybridized carbons (Fsp3) is 0.750. The molecule has 6 nitrogen and oxygen atoms in total. The van der Waals surface area contributed by atoms with Crippen molar-refractivity contribution < 1.29 is 4.79 Å². The zero-order chi connectivity index (χ0) is 15.9. The molecule has 0 radical (unpaired) electrons. The van der Waals surface area contributed by atoms with Crippen LogP contribution < -0.4 is 10.6 Å². The molecule has 0 aromatic carbocycles. The van der Waals surface area contributed by atoms with Crippen LogP contribution in [0.25, 0.3) is 0 Å². The number of nitrogens with zero attached hydrogens (tertiary/aromatic N) is 3. The van der Waals surface area contributed by atoms with Crippen LogP contribution >= 0.6 is 0 Å². The molecule has 0 bridgehead atoms. The van der Waals surface area contributed by atoms with E-state index < -0.39 is 0 Å². The van der Waals surface area contributed by atoms with E-state index in [1.54, 1.807) is 0 Å². The minimum absolute atomic E-state index is 0.000339. The summed E-state index contributed by atoms with van der Waals surface area (Å²) in [4.78, 5) is 15.1. The van der Waals surface area contributed by atoms with E-state index in [9.17, 15) is 4.79 Å². The Kier molecular flexibility index (Phi) is 3.99. The normalized spacial score (nSPS) is 28.1. The van der Waals surface area contributed by atoms with Crippen LogP contribution in [0.3, 0.4) is 0 Å². The van der Waals surface area contributed by atoms with Gasteiger partial charge < -0.3 is 15.5 Å². The third-order valence-corrected chi connectivity index (χ3v) is 5.09. The maximum absolute atomic E-state index is 13.0. The van der Waals surface area contributed by atoms with Crippen LogP contribution in [0.4, 0.5) is 0 Å². The first-order valence-corrected chi connectivity index (χ1v) is 8.12. The first-order valence-electron chi connectivity index (χ1n) is 8.12. The SMILES string of the molecule is Cc1c([C@H]2CNC[C@@H]2C(=O)N2CCNC(C)(C)C2)cnn1C. The van der Waals surface area contributed by atoms with Gasteiger partial charge in [0.05, 0.1) is 12.1 Å². The van der Waals surface area contributed by atoms with Crippen molar-refractivity contribution >= 4 is 5.91 Å². The maximum atomic E-state index is 13.0. The van der Waals surface area contributed by atoms with Gasteiger partial charge in [-0.3, -0.25) is 9.48 Å². The molecule has 2 saturated heterocycles. The van der Waals surface area contributed by atoms with E-state index in [4.69, 9.17) is 0 Å². The maximum Gasteiger partial charge on any atom is 0.227 e. The summed E-state index contributed by atoms with van der Waals surface area (Å²) in [6.45, 7) is 10.5. The molecule has 1 amide bonds. The van der Waals surface area contributed by atoms with E-state index in [0.29, 0.717) is 0 Å². The Morgan fingerprint density at radius 2 is 2.18 bits per heavy atom. The lowest BCUT2D eigenvalue weighted by atomic mass is 9.87. The third kappa shape index (κ3) is 2.77. The van der Waals surface area contributed by atoms with Gasteiger partial charge in [0.15, 0.2) is 0 Å². The predicted octanol–water partition coefficient (Wildman–Crippen LogP) is 0.242. The highest BCUT2D eigenvalue weighted by atomic mass is 16.2. The first-order chi connectivity index (χ1) is 10.4. The van der Waals surface area contributed by atoms with Crippen molar-refractivity contribution in [3.63, 3.8) is 0 Å². The second-order valence-electron chi connectivity index (χ2n) is 7.25. The van der Waals surface area contributed by atoms with E-state index in [1.807, 2.05) is 22.8 Å². The molecule has 3 rings (SSSR count). The molecule has 2 aliphatic heterocycles. The lowest BCUT2D eigenvalue weighted by molar-refractivity contribution is -0.137. The van der Waals surface area contributed by atoms with Gasteiger partial charge in [0.25, 0.3) is 0 Å². The van der Waals surface area contributed by atoms with Gasteiger partial charge in [-0.05, 0) is 26.3 Å². The molecule has 6 heteroatoms. The van der Waals surface area contributed by atoms with E-state index in [-0.39, 0.29) is 23.3 Å². The number of carbonyl (C=O) groups excluding carboxylic acids is 1. The summed E-state index contributed by atoms with van der Waals surface area (Å²) >= 11 is 0. The van der Waals surface area contributed by atoms with Crippen molar-refractivity contribution in [1.82, 2.24) is 25.3 Å². The van der Waals surface area contributed by atoms with Gasteiger partial charge in [0.1, 0.15) is 0 Å². The summed E-state index contributed by atoms with van der Waals surface area (Å²) in [5.41, 5.74) is 2.37. The van der Waals surface area contributed by atoms with Gasteiger partial charge >= 0.3 is 0 Å². The van der Waals surface area contributed by atoms with Crippen molar-refractivity contribution in [2.24, 2.45) is 13.0 Å². The second-order valence-corrected chi connectivity index (χ2v) is 7.25. The summed E-state index contributed by atoms with van der Waals surface area (Å²) < 4.78 is 1.89. The van der Waals surface area contributed by atoms with Crippen LogP contribution in [-0.4, -0.2) is 58.9 Å². The monoisotopic (exact) mass is 305 g/mol. The molecule has 3 heterocycles. The number of aromatic nitrogens is 2. The molecule has 2 N–H and O–H groups in total. The minimum Gasteiger partial charge on any atom is -0.339 e. The van der Waals surface area contributed by atoms with Gasteiger partial charge in [0.2, 0.25) is 5.91 Å². The number of piperazine rings is 1. The minimum atomic E-state index is -0.000339. The van der Waals surface area contributed by atoms with Gasteiger partial charge in [0, 0.05) is 56.9 Å². The third-order valence-electron chi connectivity index (χ3n) is 5.09. The van der Waals surface area contributed by atoms with Crippen LogP contribution in [0.5, 0.6) is 0 Å². The Morgan fingerprint density at radius 1 is 1.41 bits per heavy atom. The lowest BCUT2D eigenvalue weighted by Gasteiger charge is -2.40. The molecule has 2 aliphatic rings. The molecule has 122 valence electrons. The molecule has 1 aromatic heterocycles. The zero-order valence-electron chi connectivity index (χ0n) is 14.0. The smallest absolute Gasteiger partial charge is 0.227 e. The van der Waals surface area contributed by atoms with Gasteiger partial charge in [-0.1, -0.05) is 0 Å². The molecule has 0 spiro atoms. The predicted molar refractivity (Wildman–Crippen MR) is 85.7 cm³/mol. The number of hydrogen-bond acceptors (Lipinski definition) is 4. The van der Waals surface area contributed by atoms with Crippen LogP contribution in [0.2, 0.25) is 0 Å². The Hall–Kier alpha value is -1.40. The van der Waals surface area contributed by atoms with Crippen LogP contribution in [0, 0.1) is 12.8 Å². The largest absolute Gasteiger partial charge is 0.339 e.